The van der Waals surface area contributed by atoms with Crippen molar-refractivity contribution in [3.8, 4) is 5.75 Å². The van der Waals surface area contributed by atoms with Crippen molar-refractivity contribution in [3.05, 3.63) is 57.0 Å². The molecule has 2 amide bonds. The molecule has 0 spiro atoms. The molecular weight excluding hydrogens is 585 g/mol. The minimum Gasteiger partial charge on any atom is -0.495 e. The van der Waals surface area contributed by atoms with Crippen LogP contribution in [-0.4, -0.2) is 56.6 Å². The maximum atomic E-state index is 13.6. The van der Waals surface area contributed by atoms with Gasteiger partial charge < -0.3 is 15.0 Å². The zero-order valence-electron chi connectivity index (χ0n) is 23.1. The van der Waals surface area contributed by atoms with E-state index in [0.29, 0.717) is 33.5 Å². The molecule has 39 heavy (non-hydrogen) atoms. The number of methoxy groups -OCH3 is 1. The zero-order chi connectivity index (χ0) is 29.5. The number of hydrogen-bond acceptors (Lipinski definition) is 5. The molecule has 8 nitrogen and oxygen atoms in total. The lowest BCUT2D eigenvalue weighted by Crippen LogP contribution is -2.53. The number of carbonyl (C=O) groups excluding carboxylic acids is 2. The maximum absolute atomic E-state index is 13.6. The third-order valence-corrected chi connectivity index (χ3v) is 8.03. The lowest BCUT2D eigenvalue weighted by molar-refractivity contribution is -0.142. The first-order valence-electron chi connectivity index (χ1n) is 12.4. The highest BCUT2D eigenvalue weighted by molar-refractivity contribution is 7.92. The van der Waals surface area contributed by atoms with Crippen molar-refractivity contribution in [2.45, 2.75) is 65.1 Å². The normalized spacial score (nSPS) is 12.5. The Labute approximate surface area is 246 Å². The molecule has 12 heteroatoms. The first-order valence-corrected chi connectivity index (χ1v) is 15.4. The Morgan fingerprint density at radius 2 is 1.69 bits per heavy atom. The molecule has 0 fully saturated rings. The van der Waals surface area contributed by atoms with Crippen LogP contribution in [0.1, 0.15) is 52.5 Å². The Morgan fingerprint density at radius 1 is 1.03 bits per heavy atom. The van der Waals surface area contributed by atoms with Gasteiger partial charge in [0.05, 0.1) is 34.1 Å². The van der Waals surface area contributed by atoms with Crippen LogP contribution in [0.4, 0.5) is 5.69 Å². The van der Waals surface area contributed by atoms with Gasteiger partial charge in [0.2, 0.25) is 21.8 Å². The standard InChI is InChI=1S/C27H36Cl3N3O5S/c1-7-23(26(35)31-27(2,3)4)32(17-18-10-12-20(28)21(29)15-18)25(34)9-8-14-33(39(6,36)37)19-11-13-24(38-5)22(30)16-19/h10-13,15-16,23H,7-9,14,17H2,1-6H3,(H,31,35). The predicted octanol–water partition coefficient (Wildman–Crippen LogP) is 5.92. The molecule has 1 N–H and O–H groups in total. The van der Waals surface area contributed by atoms with Crippen LogP contribution in [0.25, 0.3) is 0 Å². The molecular formula is C27H36Cl3N3O5S. The van der Waals surface area contributed by atoms with Crippen LogP contribution in [0.15, 0.2) is 36.4 Å². The van der Waals surface area contributed by atoms with Gasteiger partial charge in [0.1, 0.15) is 11.8 Å². The van der Waals surface area contributed by atoms with Crippen LogP contribution >= 0.6 is 34.8 Å². The average Bonchev–Trinajstić information content (AvgIpc) is 2.81. The van der Waals surface area contributed by atoms with Crippen molar-refractivity contribution in [1.29, 1.82) is 0 Å². The summed E-state index contributed by atoms with van der Waals surface area (Å²) in [6.45, 7) is 7.62. The van der Waals surface area contributed by atoms with Crippen LogP contribution in [0, 0.1) is 0 Å². The number of halogens is 3. The monoisotopic (exact) mass is 619 g/mol. The van der Waals surface area contributed by atoms with E-state index in [9.17, 15) is 18.0 Å². The summed E-state index contributed by atoms with van der Waals surface area (Å²) in [5.74, 6) is -0.150. The van der Waals surface area contributed by atoms with Crippen LogP contribution in [0.2, 0.25) is 15.1 Å². The fourth-order valence-corrected chi connectivity index (χ4v) is 5.55. The average molecular weight is 621 g/mol. The summed E-state index contributed by atoms with van der Waals surface area (Å²) >= 11 is 18.5. The molecule has 0 heterocycles. The number of hydrogen-bond donors (Lipinski definition) is 1. The SMILES string of the molecule is CCC(C(=O)NC(C)(C)C)N(Cc1ccc(Cl)c(Cl)c1)C(=O)CCCN(c1ccc(OC)c(Cl)c1)S(C)(=O)=O. The van der Waals surface area contributed by atoms with E-state index in [1.54, 1.807) is 30.3 Å². The van der Waals surface area contributed by atoms with Gasteiger partial charge in [-0.15, -0.1) is 0 Å². The van der Waals surface area contributed by atoms with Crippen LogP contribution in [0.3, 0.4) is 0 Å². The van der Waals surface area contributed by atoms with E-state index in [0.717, 1.165) is 6.26 Å². The molecule has 2 rings (SSSR count). The number of anilines is 1. The van der Waals surface area contributed by atoms with E-state index in [1.165, 1.54) is 22.4 Å². The van der Waals surface area contributed by atoms with Crippen molar-refractivity contribution < 1.29 is 22.7 Å². The molecule has 1 unspecified atom stereocenters. The molecule has 0 aliphatic rings. The lowest BCUT2D eigenvalue weighted by atomic mass is 10.0. The highest BCUT2D eigenvalue weighted by Gasteiger charge is 2.31. The largest absolute Gasteiger partial charge is 0.495 e. The number of benzene rings is 2. The molecule has 0 aliphatic carbocycles. The third kappa shape index (κ3) is 9.74. The maximum Gasteiger partial charge on any atom is 0.243 e. The van der Waals surface area contributed by atoms with Crippen molar-refractivity contribution in [1.82, 2.24) is 10.2 Å². The minimum atomic E-state index is -3.67. The van der Waals surface area contributed by atoms with Crippen LogP contribution in [-0.2, 0) is 26.2 Å². The second-order valence-corrected chi connectivity index (χ2v) is 13.3. The fraction of sp³-hybridized carbons (Fsp3) is 0.481. The minimum absolute atomic E-state index is 0.0104. The molecule has 0 aromatic heterocycles. The Balaban J connectivity index is 2.29. The van der Waals surface area contributed by atoms with Gasteiger partial charge in [0, 0.05) is 25.0 Å². The molecule has 0 saturated heterocycles. The highest BCUT2D eigenvalue weighted by atomic mass is 35.5. The van der Waals surface area contributed by atoms with E-state index >= 15 is 0 Å². The van der Waals surface area contributed by atoms with E-state index < -0.39 is 21.6 Å². The lowest BCUT2D eigenvalue weighted by Gasteiger charge is -2.33. The Bertz CT molecular complexity index is 1280. The van der Waals surface area contributed by atoms with Crippen LogP contribution < -0.4 is 14.4 Å². The molecule has 0 radical (unpaired) electrons. The Kier molecular flexibility index (Phi) is 11.8. The molecule has 0 aliphatic heterocycles. The van der Waals surface area contributed by atoms with E-state index in [2.05, 4.69) is 5.32 Å². The van der Waals surface area contributed by atoms with Crippen molar-refractivity contribution in [2.75, 3.05) is 24.2 Å². The molecule has 2 aromatic rings. The molecule has 0 bridgehead atoms. The van der Waals surface area contributed by atoms with Gasteiger partial charge in [-0.2, -0.15) is 0 Å². The summed E-state index contributed by atoms with van der Waals surface area (Å²) in [6, 6.07) is 9.00. The van der Waals surface area contributed by atoms with Gasteiger partial charge in [-0.25, -0.2) is 8.42 Å². The van der Waals surface area contributed by atoms with E-state index in [-0.39, 0.29) is 42.8 Å². The van der Waals surface area contributed by atoms with Gasteiger partial charge in [-0.3, -0.25) is 13.9 Å². The quantitative estimate of drug-likeness (QED) is 0.318. The topological polar surface area (TPSA) is 96.0 Å². The zero-order valence-corrected chi connectivity index (χ0v) is 26.1. The second-order valence-electron chi connectivity index (χ2n) is 10.2. The molecule has 216 valence electrons. The van der Waals surface area contributed by atoms with Crippen molar-refractivity contribution in [2.24, 2.45) is 0 Å². The van der Waals surface area contributed by atoms with Gasteiger partial charge in [0.25, 0.3) is 0 Å². The number of carbonyl (C=O) groups is 2. The number of amides is 2. The van der Waals surface area contributed by atoms with Gasteiger partial charge >= 0.3 is 0 Å². The predicted molar refractivity (Wildman–Crippen MR) is 158 cm³/mol. The van der Waals surface area contributed by atoms with Gasteiger partial charge in [-0.05, 0) is 69.5 Å². The summed E-state index contributed by atoms with van der Waals surface area (Å²) in [7, 11) is -2.20. The number of nitrogens with one attached hydrogen (secondary N) is 1. The van der Waals surface area contributed by atoms with Crippen molar-refractivity contribution in [3.63, 3.8) is 0 Å². The molecule has 2 aromatic carbocycles. The van der Waals surface area contributed by atoms with Crippen molar-refractivity contribution >= 4 is 62.3 Å². The molecule has 1 atom stereocenters. The third-order valence-electron chi connectivity index (χ3n) is 5.80. The Hall–Kier alpha value is -2.20. The summed E-state index contributed by atoms with van der Waals surface area (Å²) in [5, 5.41) is 3.95. The Morgan fingerprint density at radius 3 is 2.21 bits per heavy atom. The number of ether oxygens (including phenoxy) is 1. The number of nitrogens with zero attached hydrogens (tertiary/aromatic N) is 2. The van der Waals surface area contributed by atoms with Gasteiger partial charge in [0.15, 0.2) is 0 Å². The van der Waals surface area contributed by atoms with Crippen LogP contribution in [0.5, 0.6) is 5.75 Å². The smallest absolute Gasteiger partial charge is 0.243 e. The summed E-state index contributed by atoms with van der Waals surface area (Å²) < 4.78 is 31.5. The second kappa shape index (κ2) is 13.9. The van der Waals surface area contributed by atoms with Gasteiger partial charge in [-0.1, -0.05) is 47.8 Å². The first kappa shape index (κ1) is 33.0. The van der Waals surface area contributed by atoms with E-state index in [4.69, 9.17) is 39.5 Å². The number of sulfonamides is 1. The summed E-state index contributed by atoms with van der Waals surface area (Å²) in [6.07, 6.45) is 1.70. The summed E-state index contributed by atoms with van der Waals surface area (Å²) in [4.78, 5) is 28.2. The summed E-state index contributed by atoms with van der Waals surface area (Å²) in [5.41, 5.74) is 0.586. The molecule has 0 saturated carbocycles. The number of rotatable bonds is 12. The highest BCUT2D eigenvalue weighted by Crippen LogP contribution is 2.30. The van der Waals surface area contributed by atoms with E-state index in [1.807, 2.05) is 27.7 Å². The fourth-order valence-electron chi connectivity index (χ4n) is 4.02. The first-order chi connectivity index (χ1) is 18.1.